The number of aryl methyl sites for hydroxylation is 1. The third-order valence-electron chi connectivity index (χ3n) is 3.29. The largest absolute Gasteiger partial charge is 0.468 e. The predicted octanol–water partition coefficient (Wildman–Crippen LogP) is 3.65. The van der Waals surface area contributed by atoms with Crippen LogP contribution in [0.25, 0.3) is 10.9 Å². The minimum Gasteiger partial charge on any atom is -0.468 e. The minimum atomic E-state index is -0.457. The lowest BCUT2D eigenvalue weighted by Gasteiger charge is -2.19. The molecule has 0 spiro atoms. The number of aromatic nitrogens is 1. The number of hydrogen-bond acceptors (Lipinski definition) is 4. The lowest BCUT2D eigenvalue weighted by molar-refractivity contribution is -0.128. The first-order chi connectivity index (χ1) is 11.8. The Morgan fingerprint density at radius 3 is 2.56 bits per heavy atom. The summed E-state index contributed by atoms with van der Waals surface area (Å²) in [6.07, 6.45) is 1.68. The fourth-order valence-corrected chi connectivity index (χ4v) is 2.23. The Balaban J connectivity index is 0.000000550. The van der Waals surface area contributed by atoms with Gasteiger partial charge in [0.2, 0.25) is 0 Å². The lowest BCUT2D eigenvalue weighted by atomic mass is 10.1. The normalized spacial score (nSPS) is 10.6. The summed E-state index contributed by atoms with van der Waals surface area (Å²) in [7, 11) is 0. The molecule has 6 nitrogen and oxygen atoms in total. The van der Waals surface area contributed by atoms with E-state index in [-0.39, 0.29) is 6.09 Å². The number of amides is 1. The van der Waals surface area contributed by atoms with Crippen LogP contribution in [0.2, 0.25) is 0 Å². The van der Waals surface area contributed by atoms with Crippen molar-refractivity contribution in [2.75, 3.05) is 13.2 Å². The second-order valence-corrected chi connectivity index (χ2v) is 6.50. The molecule has 0 aliphatic rings. The summed E-state index contributed by atoms with van der Waals surface area (Å²) in [6.45, 7) is 11.6. The van der Waals surface area contributed by atoms with Gasteiger partial charge in [-0.25, -0.2) is 4.79 Å². The van der Waals surface area contributed by atoms with Crippen molar-refractivity contribution in [1.29, 1.82) is 0 Å². The van der Waals surface area contributed by atoms with Crippen LogP contribution in [0.5, 0.6) is 0 Å². The third-order valence-corrected chi connectivity index (χ3v) is 3.29. The number of alkyl carbamates (subject to hydrolysis) is 1. The highest BCUT2D eigenvalue weighted by atomic mass is 16.6. The standard InChI is InChI=1S/C16H22N2O2.C3H6O2/c1-12-6-5-7-14-13(12)8-10-18(14)11-9-17-15(19)20-16(2,3)4;1-2-5-3-4/h5-8,10H,9,11H2,1-4H3,(H,17,19);3H,2H2,1H3. The molecule has 2 aromatic rings. The van der Waals surface area contributed by atoms with Crippen molar-refractivity contribution in [1.82, 2.24) is 9.88 Å². The fourth-order valence-electron chi connectivity index (χ4n) is 2.23. The highest BCUT2D eigenvalue weighted by Gasteiger charge is 2.15. The summed E-state index contributed by atoms with van der Waals surface area (Å²) in [4.78, 5) is 20.7. The van der Waals surface area contributed by atoms with E-state index in [9.17, 15) is 9.59 Å². The van der Waals surface area contributed by atoms with Crippen molar-refractivity contribution in [3.63, 3.8) is 0 Å². The van der Waals surface area contributed by atoms with Gasteiger partial charge in [-0.3, -0.25) is 4.79 Å². The molecular formula is C19H28N2O4. The van der Waals surface area contributed by atoms with Crippen LogP contribution in [0.3, 0.4) is 0 Å². The number of hydrogen-bond donors (Lipinski definition) is 1. The summed E-state index contributed by atoms with van der Waals surface area (Å²) < 4.78 is 11.5. The number of nitrogens with zero attached hydrogens (tertiary/aromatic N) is 1. The van der Waals surface area contributed by atoms with Gasteiger partial charge in [0, 0.05) is 30.2 Å². The number of rotatable bonds is 5. The van der Waals surface area contributed by atoms with Crippen LogP contribution in [0.15, 0.2) is 30.5 Å². The molecule has 138 valence electrons. The highest BCUT2D eigenvalue weighted by molar-refractivity contribution is 5.83. The van der Waals surface area contributed by atoms with Crippen LogP contribution < -0.4 is 5.32 Å². The van der Waals surface area contributed by atoms with Gasteiger partial charge in [0.25, 0.3) is 6.47 Å². The van der Waals surface area contributed by atoms with Gasteiger partial charge in [-0.15, -0.1) is 0 Å². The molecule has 0 radical (unpaired) electrons. The zero-order valence-electron chi connectivity index (χ0n) is 15.7. The molecular weight excluding hydrogens is 320 g/mol. The average Bonchev–Trinajstić information content (AvgIpc) is 2.92. The smallest absolute Gasteiger partial charge is 0.407 e. The number of carbonyl (C=O) groups is 2. The first kappa shape index (κ1) is 20.5. The first-order valence-electron chi connectivity index (χ1n) is 8.35. The van der Waals surface area contributed by atoms with Gasteiger partial charge >= 0.3 is 6.09 Å². The zero-order valence-corrected chi connectivity index (χ0v) is 15.7. The van der Waals surface area contributed by atoms with Crippen molar-refractivity contribution in [2.24, 2.45) is 0 Å². The van der Waals surface area contributed by atoms with E-state index in [1.165, 1.54) is 16.5 Å². The van der Waals surface area contributed by atoms with Gasteiger partial charge in [-0.05, 0) is 52.3 Å². The van der Waals surface area contributed by atoms with Crippen LogP contribution in [-0.2, 0) is 20.8 Å². The van der Waals surface area contributed by atoms with E-state index < -0.39 is 5.60 Å². The van der Waals surface area contributed by atoms with Gasteiger partial charge in [0.1, 0.15) is 5.60 Å². The Kier molecular flexibility index (Phi) is 7.98. The molecule has 0 fully saturated rings. The molecule has 1 N–H and O–H groups in total. The van der Waals surface area contributed by atoms with Crippen molar-refractivity contribution in [3.05, 3.63) is 36.0 Å². The molecule has 0 saturated carbocycles. The Bertz CT molecular complexity index is 686. The molecule has 0 atom stereocenters. The van der Waals surface area contributed by atoms with Gasteiger partial charge in [-0.2, -0.15) is 0 Å². The summed E-state index contributed by atoms with van der Waals surface area (Å²) in [5.74, 6) is 0. The molecule has 1 heterocycles. The number of ether oxygens (including phenoxy) is 2. The Hall–Kier alpha value is -2.50. The second-order valence-electron chi connectivity index (χ2n) is 6.50. The van der Waals surface area contributed by atoms with E-state index in [0.717, 1.165) is 6.54 Å². The summed E-state index contributed by atoms with van der Waals surface area (Å²) in [5, 5.41) is 4.03. The molecule has 1 aromatic heterocycles. The highest BCUT2D eigenvalue weighted by Crippen LogP contribution is 2.19. The molecule has 25 heavy (non-hydrogen) atoms. The lowest BCUT2D eigenvalue weighted by Crippen LogP contribution is -2.34. The molecule has 2 rings (SSSR count). The van der Waals surface area contributed by atoms with Gasteiger partial charge in [-0.1, -0.05) is 12.1 Å². The molecule has 0 bridgehead atoms. The second kappa shape index (κ2) is 9.71. The van der Waals surface area contributed by atoms with Gasteiger partial charge in [0.15, 0.2) is 0 Å². The fraction of sp³-hybridized carbons (Fsp3) is 0.474. The molecule has 1 aromatic carbocycles. The number of benzene rings is 1. The van der Waals surface area contributed by atoms with Crippen LogP contribution in [0.1, 0.15) is 33.3 Å². The maximum Gasteiger partial charge on any atom is 0.407 e. The van der Waals surface area contributed by atoms with Crippen LogP contribution >= 0.6 is 0 Å². The molecule has 0 aliphatic carbocycles. The van der Waals surface area contributed by atoms with Crippen LogP contribution in [0.4, 0.5) is 4.79 Å². The quantitative estimate of drug-likeness (QED) is 0.837. The monoisotopic (exact) mass is 348 g/mol. The third kappa shape index (κ3) is 7.28. The van der Waals surface area contributed by atoms with Crippen molar-refractivity contribution in [2.45, 2.75) is 46.8 Å². The molecule has 1 amide bonds. The van der Waals surface area contributed by atoms with E-state index in [2.05, 4.69) is 52.0 Å². The van der Waals surface area contributed by atoms with Crippen LogP contribution in [0, 0.1) is 6.92 Å². The van der Waals surface area contributed by atoms with E-state index >= 15 is 0 Å². The summed E-state index contributed by atoms with van der Waals surface area (Å²) in [6, 6.07) is 8.36. The zero-order chi connectivity index (χ0) is 18.9. The molecule has 0 saturated heterocycles. The number of carbonyl (C=O) groups excluding carboxylic acids is 2. The van der Waals surface area contributed by atoms with Crippen molar-refractivity contribution >= 4 is 23.5 Å². The average molecular weight is 348 g/mol. The van der Waals surface area contributed by atoms with E-state index in [1.54, 1.807) is 6.92 Å². The van der Waals surface area contributed by atoms with Gasteiger partial charge < -0.3 is 19.4 Å². The number of nitrogens with one attached hydrogen (secondary N) is 1. The Morgan fingerprint density at radius 2 is 2.00 bits per heavy atom. The van der Waals surface area contributed by atoms with Crippen LogP contribution in [-0.4, -0.2) is 35.9 Å². The minimum absolute atomic E-state index is 0.370. The Labute approximate surface area is 149 Å². The van der Waals surface area contributed by atoms with E-state index in [1.807, 2.05) is 20.8 Å². The summed E-state index contributed by atoms with van der Waals surface area (Å²) in [5.41, 5.74) is 2.00. The van der Waals surface area contributed by atoms with Crippen molar-refractivity contribution < 1.29 is 19.1 Å². The summed E-state index contributed by atoms with van der Waals surface area (Å²) >= 11 is 0. The van der Waals surface area contributed by atoms with E-state index in [4.69, 9.17) is 4.74 Å². The topological polar surface area (TPSA) is 69.6 Å². The predicted molar refractivity (Wildman–Crippen MR) is 98.6 cm³/mol. The maximum absolute atomic E-state index is 11.6. The number of fused-ring (bicyclic) bond motifs is 1. The molecule has 0 unspecified atom stereocenters. The SMILES string of the molecule is CCOC=O.Cc1cccc2c1ccn2CCNC(=O)OC(C)(C)C. The maximum atomic E-state index is 11.6. The molecule has 6 heteroatoms. The Morgan fingerprint density at radius 1 is 1.28 bits per heavy atom. The van der Waals surface area contributed by atoms with E-state index in [0.29, 0.717) is 19.6 Å². The first-order valence-corrected chi connectivity index (χ1v) is 8.35. The van der Waals surface area contributed by atoms with Gasteiger partial charge in [0.05, 0.1) is 6.61 Å². The molecule has 0 aliphatic heterocycles. The van der Waals surface area contributed by atoms with Crippen molar-refractivity contribution in [3.8, 4) is 0 Å².